The van der Waals surface area contributed by atoms with Gasteiger partial charge in [-0.15, -0.1) is 11.3 Å². The van der Waals surface area contributed by atoms with Crippen LogP contribution in [0.25, 0.3) is 0 Å². The molecular formula is C12H20N2S3. The molecule has 0 aromatic carbocycles. The first-order valence-electron chi connectivity index (χ1n) is 6.10. The molecule has 0 radical (unpaired) electrons. The summed E-state index contributed by atoms with van der Waals surface area (Å²) in [4.78, 5) is 4.52. The summed E-state index contributed by atoms with van der Waals surface area (Å²) in [7, 11) is 0. The summed E-state index contributed by atoms with van der Waals surface area (Å²) in [5.74, 6) is 2.53. The van der Waals surface area contributed by atoms with Gasteiger partial charge in [-0.1, -0.05) is 6.92 Å². The van der Waals surface area contributed by atoms with Crippen molar-refractivity contribution in [1.82, 2.24) is 4.98 Å². The molecule has 0 amide bonds. The average Bonchev–Trinajstić information content (AvgIpc) is 2.74. The minimum atomic E-state index is 0.249. The van der Waals surface area contributed by atoms with Gasteiger partial charge < -0.3 is 5.73 Å². The van der Waals surface area contributed by atoms with Crippen LogP contribution in [0.3, 0.4) is 0 Å². The first-order valence-corrected chi connectivity index (χ1v) is 9.08. The Morgan fingerprint density at radius 1 is 1.47 bits per heavy atom. The molecule has 0 saturated carbocycles. The molecule has 1 aromatic heterocycles. The average molecular weight is 289 g/mol. The van der Waals surface area contributed by atoms with E-state index in [4.69, 9.17) is 5.73 Å². The molecular weight excluding hydrogens is 268 g/mol. The Hall–Kier alpha value is 0.290. The Bertz CT molecular complexity index is 353. The van der Waals surface area contributed by atoms with E-state index in [-0.39, 0.29) is 6.04 Å². The van der Waals surface area contributed by atoms with Crippen molar-refractivity contribution in [3.8, 4) is 0 Å². The molecule has 1 aliphatic heterocycles. The molecule has 5 heteroatoms. The molecule has 2 N–H and O–H groups in total. The topological polar surface area (TPSA) is 38.9 Å². The maximum atomic E-state index is 6.39. The Kier molecular flexibility index (Phi) is 5.21. The van der Waals surface area contributed by atoms with E-state index in [0.29, 0.717) is 5.25 Å². The van der Waals surface area contributed by atoms with Crippen molar-refractivity contribution < 1.29 is 0 Å². The Balaban J connectivity index is 1.95. The number of rotatable bonds is 4. The van der Waals surface area contributed by atoms with Crippen LogP contribution >= 0.6 is 34.9 Å². The molecule has 2 rings (SSSR count). The minimum absolute atomic E-state index is 0.249. The summed E-state index contributed by atoms with van der Waals surface area (Å²) in [6.07, 6.45) is 2.16. The highest BCUT2D eigenvalue weighted by molar-refractivity contribution is 8.07. The highest BCUT2D eigenvalue weighted by Crippen LogP contribution is 2.35. The predicted octanol–water partition coefficient (Wildman–Crippen LogP) is 2.95. The van der Waals surface area contributed by atoms with Crippen molar-refractivity contribution in [2.75, 3.05) is 11.5 Å². The van der Waals surface area contributed by atoms with Crippen molar-refractivity contribution in [2.45, 2.75) is 43.2 Å². The van der Waals surface area contributed by atoms with Crippen LogP contribution in [-0.2, 0) is 6.42 Å². The van der Waals surface area contributed by atoms with E-state index in [0.717, 1.165) is 16.7 Å². The van der Waals surface area contributed by atoms with Crippen LogP contribution in [0.1, 0.15) is 24.0 Å². The van der Waals surface area contributed by atoms with Gasteiger partial charge in [-0.05, 0) is 13.3 Å². The largest absolute Gasteiger partial charge is 0.326 e. The van der Waals surface area contributed by atoms with Gasteiger partial charge in [0.1, 0.15) is 0 Å². The van der Waals surface area contributed by atoms with Crippen LogP contribution < -0.4 is 5.73 Å². The van der Waals surface area contributed by atoms with E-state index in [9.17, 15) is 0 Å². The molecule has 0 bridgehead atoms. The lowest BCUT2D eigenvalue weighted by Gasteiger charge is -2.33. The van der Waals surface area contributed by atoms with Crippen LogP contribution in [0, 0.1) is 6.92 Å². The number of hydrogen-bond acceptors (Lipinski definition) is 5. The van der Waals surface area contributed by atoms with E-state index in [1.165, 1.54) is 23.6 Å². The number of aromatic nitrogens is 1. The highest BCUT2D eigenvalue weighted by Gasteiger charge is 2.30. The van der Waals surface area contributed by atoms with Crippen LogP contribution in [0.4, 0.5) is 0 Å². The minimum Gasteiger partial charge on any atom is -0.326 e. The van der Waals surface area contributed by atoms with E-state index >= 15 is 0 Å². The third-order valence-corrected chi connectivity index (χ3v) is 7.28. The summed E-state index contributed by atoms with van der Waals surface area (Å²) >= 11 is 5.88. The number of thioether (sulfide) groups is 2. The van der Waals surface area contributed by atoms with Gasteiger partial charge >= 0.3 is 0 Å². The monoisotopic (exact) mass is 288 g/mol. The molecule has 2 nitrogen and oxygen atoms in total. The van der Waals surface area contributed by atoms with Gasteiger partial charge in [0.2, 0.25) is 0 Å². The maximum absolute atomic E-state index is 6.39. The molecule has 96 valence electrons. The summed E-state index contributed by atoms with van der Waals surface area (Å²) in [6.45, 7) is 4.33. The molecule has 1 saturated heterocycles. The molecule has 1 fully saturated rings. The number of nitrogens with two attached hydrogens (primary N) is 1. The van der Waals surface area contributed by atoms with Crippen LogP contribution in [0.2, 0.25) is 0 Å². The van der Waals surface area contributed by atoms with Gasteiger partial charge in [0.25, 0.3) is 0 Å². The zero-order valence-electron chi connectivity index (χ0n) is 10.4. The molecule has 1 aromatic rings. The van der Waals surface area contributed by atoms with Crippen LogP contribution in [-0.4, -0.2) is 33.0 Å². The first-order chi connectivity index (χ1) is 8.20. The van der Waals surface area contributed by atoms with Gasteiger partial charge in [-0.2, -0.15) is 23.5 Å². The Labute approximate surface area is 116 Å². The highest BCUT2D eigenvalue weighted by atomic mass is 32.2. The van der Waals surface area contributed by atoms with Crippen molar-refractivity contribution in [3.63, 3.8) is 0 Å². The lowest BCUT2D eigenvalue weighted by molar-refractivity contribution is 0.592. The summed E-state index contributed by atoms with van der Waals surface area (Å²) in [5.41, 5.74) is 7.56. The lowest BCUT2D eigenvalue weighted by atomic mass is 10.1. The van der Waals surface area contributed by atoms with E-state index in [1.54, 1.807) is 11.3 Å². The molecule has 3 unspecified atom stereocenters. The van der Waals surface area contributed by atoms with E-state index in [2.05, 4.69) is 47.7 Å². The zero-order chi connectivity index (χ0) is 12.3. The van der Waals surface area contributed by atoms with Crippen LogP contribution in [0.5, 0.6) is 0 Å². The number of hydrogen-bond donors (Lipinski definition) is 1. The van der Waals surface area contributed by atoms with Crippen molar-refractivity contribution in [3.05, 3.63) is 16.1 Å². The Morgan fingerprint density at radius 3 is 2.88 bits per heavy atom. The van der Waals surface area contributed by atoms with Gasteiger partial charge in [-0.25, -0.2) is 4.98 Å². The van der Waals surface area contributed by atoms with Crippen LogP contribution in [0.15, 0.2) is 5.38 Å². The van der Waals surface area contributed by atoms with Gasteiger partial charge in [-0.3, -0.25) is 0 Å². The number of nitrogens with zero attached hydrogens (tertiary/aromatic N) is 1. The molecule has 1 aliphatic rings. The Morgan fingerprint density at radius 2 is 2.24 bits per heavy atom. The molecule has 0 aliphatic carbocycles. The standard InChI is InChI=1S/C12H20N2S3/c1-3-11-12(16-5-4-15-11)10(13)6-9-7-17-8(2)14-9/h7,10-12H,3-6,13H2,1-2H3. The second-order valence-electron chi connectivity index (χ2n) is 4.38. The summed E-state index contributed by atoms with van der Waals surface area (Å²) in [6, 6.07) is 0.249. The zero-order valence-corrected chi connectivity index (χ0v) is 12.8. The number of thiazole rings is 1. The van der Waals surface area contributed by atoms with Gasteiger partial charge in [0, 0.05) is 39.8 Å². The van der Waals surface area contributed by atoms with E-state index < -0.39 is 0 Å². The lowest BCUT2D eigenvalue weighted by Crippen LogP contribution is -2.43. The molecule has 17 heavy (non-hydrogen) atoms. The smallest absolute Gasteiger partial charge is 0.0897 e. The fourth-order valence-corrected chi connectivity index (χ4v) is 6.01. The summed E-state index contributed by atoms with van der Waals surface area (Å²) in [5, 5.41) is 4.62. The van der Waals surface area contributed by atoms with E-state index in [1.807, 2.05) is 0 Å². The third-order valence-electron chi connectivity index (χ3n) is 3.03. The molecule has 0 spiro atoms. The fraction of sp³-hybridized carbons (Fsp3) is 0.750. The predicted molar refractivity (Wildman–Crippen MR) is 81.3 cm³/mol. The van der Waals surface area contributed by atoms with Crippen molar-refractivity contribution >= 4 is 34.9 Å². The second kappa shape index (κ2) is 6.45. The fourth-order valence-electron chi connectivity index (χ4n) is 2.19. The third kappa shape index (κ3) is 3.63. The maximum Gasteiger partial charge on any atom is 0.0897 e. The van der Waals surface area contributed by atoms with Crippen molar-refractivity contribution in [1.29, 1.82) is 0 Å². The van der Waals surface area contributed by atoms with Gasteiger partial charge in [0.05, 0.1) is 10.7 Å². The normalized spacial score (nSPS) is 27.0. The quantitative estimate of drug-likeness (QED) is 0.924. The first kappa shape index (κ1) is 13.7. The number of aryl methyl sites for hydroxylation is 1. The second-order valence-corrected chi connectivity index (χ2v) is 8.07. The van der Waals surface area contributed by atoms with Crippen molar-refractivity contribution in [2.24, 2.45) is 5.73 Å². The SMILES string of the molecule is CCC1SCCSC1C(N)Cc1csc(C)n1. The van der Waals surface area contributed by atoms with Gasteiger partial charge in [0.15, 0.2) is 0 Å². The summed E-state index contributed by atoms with van der Waals surface area (Å²) < 4.78 is 0. The molecule has 2 heterocycles. The molecule has 3 atom stereocenters.